The van der Waals surface area contributed by atoms with Crippen LogP contribution in [0.1, 0.15) is 37.7 Å². The summed E-state index contributed by atoms with van der Waals surface area (Å²) in [5.41, 5.74) is 1.31. The second kappa shape index (κ2) is 5.91. The molecular weight excluding hydrogens is 279 g/mol. The van der Waals surface area contributed by atoms with Crippen molar-refractivity contribution < 1.29 is 9.13 Å². The lowest BCUT2D eigenvalue weighted by atomic mass is 9.87. The minimum atomic E-state index is -0.157. The van der Waals surface area contributed by atoms with E-state index in [-0.39, 0.29) is 11.4 Å². The highest BCUT2D eigenvalue weighted by atomic mass is 19.1. The van der Waals surface area contributed by atoms with Gasteiger partial charge in [0.15, 0.2) is 0 Å². The second-order valence-corrected chi connectivity index (χ2v) is 7.24. The van der Waals surface area contributed by atoms with Gasteiger partial charge in [-0.15, -0.1) is 0 Å². The van der Waals surface area contributed by atoms with Crippen LogP contribution in [0.4, 0.5) is 4.39 Å². The summed E-state index contributed by atoms with van der Waals surface area (Å²) in [7, 11) is 0. The van der Waals surface area contributed by atoms with Gasteiger partial charge in [-0.05, 0) is 49.8 Å². The number of hydrogen-bond donors (Lipinski definition) is 1. The van der Waals surface area contributed by atoms with Crippen LogP contribution >= 0.6 is 0 Å². The summed E-state index contributed by atoms with van der Waals surface area (Å²) in [6.07, 6.45) is 6.10. The van der Waals surface area contributed by atoms with Crippen LogP contribution in [0.25, 0.3) is 0 Å². The maximum Gasteiger partial charge on any atom is 0.123 e. The van der Waals surface area contributed by atoms with E-state index in [1.165, 1.54) is 24.8 Å². The van der Waals surface area contributed by atoms with Crippen LogP contribution in [-0.4, -0.2) is 42.3 Å². The van der Waals surface area contributed by atoms with E-state index in [1.54, 1.807) is 12.1 Å². The van der Waals surface area contributed by atoms with Gasteiger partial charge in [-0.2, -0.15) is 0 Å². The molecule has 1 saturated carbocycles. The lowest BCUT2D eigenvalue weighted by Crippen LogP contribution is -2.44. The fraction of sp³-hybridized carbons (Fsp3) is 0.667. The Balaban J connectivity index is 1.28. The van der Waals surface area contributed by atoms with Crippen LogP contribution < -0.4 is 5.32 Å². The third kappa shape index (κ3) is 3.34. The van der Waals surface area contributed by atoms with Crippen LogP contribution in [0.5, 0.6) is 0 Å². The third-order valence-corrected chi connectivity index (χ3v) is 5.34. The normalized spacial score (nSPS) is 28.3. The zero-order valence-electron chi connectivity index (χ0n) is 13.1. The molecule has 3 aliphatic rings. The van der Waals surface area contributed by atoms with Crippen LogP contribution in [-0.2, 0) is 11.3 Å². The van der Waals surface area contributed by atoms with Crippen LogP contribution in [0.2, 0.25) is 0 Å². The van der Waals surface area contributed by atoms with Gasteiger partial charge < -0.3 is 10.1 Å². The molecule has 0 bridgehead atoms. The summed E-state index contributed by atoms with van der Waals surface area (Å²) in [6.45, 7) is 3.95. The monoisotopic (exact) mass is 304 g/mol. The molecule has 1 unspecified atom stereocenters. The molecule has 3 nitrogen and oxygen atoms in total. The summed E-state index contributed by atoms with van der Waals surface area (Å²) in [5, 5.41) is 3.71. The molecule has 120 valence electrons. The van der Waals surface area contributed by atoms with Crippen molar-refractivity contribution in [3.8, 4) is 0 Å². The molecule has 1 spiro atoms. The molecule has 0 aromatic heterocycles. The summed E-state index contributed by atoms with van der Waals surface area (Å²) in [5.74, 6) is -0.157. The van der Waals surface area contributed by atoms with E-state index in [1.807, 2.05) is 12.1 Å². The SMILES string of the molecule is Fc1ccc(CN2CCC3(CC2)CC(NC2CC2)CO3)cc1. The number of halogens is 1. The molecule has 2 saturated heterocycles. The number of nitrogens with one attached hydrogen (secondary N) is 1. The molecule has 1 aromatic carbocycles. The van der Waals surface area contributed by atoms with E-state index < -0.39 is 0 Å². The molecule has 0 amide bonds. The number of piperidine rings is 1. The molecule has 3 fully saturated rings. The highest BCUT2D eigenvalue weighted by Gasteiger charge is 2.43. The lowest BCUT2D eigenvalue weighted by Gasteiger charge is -2.38. The topological polar surface area (TPSA) is 24.5 Å². The zero-order chi connectivity index (χ0) is 15.0. The van der Waals surface area contributed by atoms with Gasteiger partial charge in [-0.1, -0.05) is 12.1 Å². The molecule has 4 heteroatoms. The number of benzene rings is 1. The van der Waals surface area contributed by atoms with Gasteiger partial charge in [0, 0.05) is 31.7 Å². The van der Waals surface area contributed by atoms with Crippen LogP contribution in [0.3, 0.4) is 0 Å². The van der Waals surface area contributed by atoms with Gasteiger partial charge in [0.05, 0.1) is 12.2 Å². The molecule has 2 aliphatic heterocycles. The Hall–Kier alpha value is -0.970. The summed E-state index contributed by atoms with van der Waals surface area (Å²) in [6, 6.07) is 8.21. The van der Waals surface area contributed by atoms with E-state index in [4.69, 9.17) is 4.74 Å². The molecule has 1 N–H and O–H groups in total. The molecule has 4 rings (SSSR count). The summed E-state index contributed by atoms with van der Waals surface area (Å²) < 4.78 is 19.2. The number of ether oxygens (including phenoxy) is 1. The molecule has 1 aliphatic carbocycles. The predicted molar refractivity (Wildman–Crippen MR) is 84.2 cm³/mol. The smallest absolute Gasteiger partial charge is 0.123 e. The molecule has 22 heavy (non-hydrogen) atoms. The standard InChI is InChI=1S/C18H25FN2O/c19-15-3-1-14(2-4-15)12-21-9-7-18(8-10-21)11-17(13-22-18)20-16-5-6-16/h1-4,16-17,20H,5-13H2. The Kier molecular flexibility index (Phi) is 3.93. The Bertz CT molecular complexity index is 506. The van der Waals surface area contributed by atoms with E-state index in [2.05, 4.69) is 10.2 Å². The van der Waals surface area contributed by atoms with Gasteiger partial charge in [0.25, 0.3) is 0 Å². The fourth-order valence-electron chi connectivity index (χ4n) is 3.85. The zero-order valence-corrected chi connectivity index (χ0v) is 13.1. The summed E-state index contributed by atoms with van der Waals surface area (Å²) in [4.78, 5) is 2.46. The highest BCUT2D eigenvalue weighted by molar-refractivity contribution is 5.16. The molecular formula is C18H25FN2O. The lowest BCUT2D eigenvalue weighted by molar-refractivity contribution is -0.0449. The average molecular weight is 304 g/mol. The quantitative estimate of drug-likeness (QED) is 0.925. The minimum Gasteiger partial charge on any atom is -0.373 e. The van der Waals surface area contributed by atoms with E-state index in [0.717, 1.165) is 45.1 Å². The van der Waals surface area contributed by atoms with Crippen LogP contribution in [0.15, 0.2) is 24.3 Å². The van der Waals surface area contributed by atoms with Crippen molar-refractivity contribution in [3.05, 3.63) is 35.6 Å². The van der Waals surface area contributed by atoms with Gasteiger partial charge in [0.1, 0.15) is 5.82 Å². The minimum absolute atomic E-state index is 0.117. The first-order valence-electron chi connectivity index (χ1n) is 8.58. The number of rotatable bonds is 4. The van der Waals surface area contributed by atoms with Gasteiger partial charge in [-0.3, -0.25) is 4.90 Å². The average Bonchev–Trinajstić information content (AvgIpc) is 3.25. The van der Waals surface area contributed by atoms with Crippen molar-refractivity contribution in [2.45, 2.75) is 56.3 Å². The van der Waals surface area contributed by atoms with E-state index in [9.17, 15) is 4.39 Å². The predicted octanol–water partition coefficient (Wildman–Crippen LogP) is 2.70. The molecule has 2 heterocycles. The van der Waals surface area contributed by atoms with Gasteiger partial charge >= 0.3 is 0 Å². The molecule has 1 aromatic rings. The first kappa shape index (κ1) is 14.6. The number of nitrogens with zero attached hydrogens (tertiary/aromatic N) is 1. The Morgan fingerprint density at radius 2 is 1.86 bits per heavy atom. The fourth-order valence-corrected chi connectivity index (χ4v) is 3.85. The van der Waals surface area contributed by atoms with Crippen LogP contribution in [0, 0.1) is 5.82 Å². The Morgan fingerprint density at radius 1 is 1.14 bits per heavy atom. The highest BCUT2D eigenvalue weighted by Crippen LogP contribution is 2.37. The van der Waals surface area contributed by atoms with Gasteiger partial charge in [0.2, 0.25) is 0 Å². The number of hydrogen-bond acceptors (Lipinski definition) is 3. The first-order valence-corrected chi connectivity index (χ1v) is 8.58. The van der Waals surface area contributed by atoms with Crippen molar-refractivity contribution in [1.82, 2.24) is 10.2 Å². The number of likely N-dealkylation sites (tertiary alicyclic amines) is 1. The van der Waals surface area contributed by atoms with Crippen molar-refractivity contribution in [3.63, 3.8) is 0 Å². The molecule has 0 radical (unpaired) electrons. The summed E-state index contributed by atoms with van der Waals surface area (Å²) >= 11 is 0. The van der Waals surface area contributed by atoms with E-state index >= 15 is 0 Å². The molecule has 1 atom stereocenters. The van der Waals surface area contributed by atoms with Crippen molar-refractivity contribution >= 4 is 0 Å². The third-order valence-electron chi connectivity index (χ3n) is 5.34. The maximum absolute atomic E-state index is 13.0. The maximum atomic E-state index is 13.0. The van der Waals surface area contributed by atoms with Gasteiger partial charge in [-0.25, -0.2) is 4.39 Å². The Morgan fingerprint density at radius 3 is 2.55 bits per heavy atom. The Labute approximate surface area is 131 Å². The second-order valence-electron chi connectivity index (χ2n) is 7.24. The van der Waals surface area contributed by atoms with Crippen molar-refractivity contribution in [2.75, 3.05) is 19.7 Å². The first-order chi connectivity index (χ1) is 10.7. The van der Waals surface area contributed by atoms with Crippen molar-refractivity contribution in [1.29, 1.82) is 0 Å². The van der Waals surface area contributed by atoms with Crippen molar-refractivity contribution in [2.24, 2.45) is 0 Å². The van der Waals surface area contributed by atoms with E-state index in [0.29, 0.717) is 6.04 Å². The largest absolute Gasteiger partial charge is 0.373 e.